The first-order valence-electron chi connectivity index (χ1n) is 5.85. The van der Waals surface area contributed by atoms with Crippen LogP contribution in [-0.2, 0) is 0 Å². The first-order chi connectivity index (χ1) is 7.63. The fourth-order valence-corrected chi connectivity index (χ4v) is 2.39. The van der Waals surface area contributed by atoms with Gasteiger partial charge in [-0.3, -0.25) is 9.89 Å². The highest BCUT2D eigenvalue weighted by molar-refractivity contribution is 5.91. The van der Waals surface area contributed by atoms with Gasteiger partial charge in [-0.1, -0.05) is 6.92 Å². The van der Waals surface area contributed by atoms with Gasteiger partial charge in [0, 0.05) is 12.1 Å². The lowest BCUT2D eigenvalue weighted by Crippen LogP contribution is -2.40. The van der Waals surface area contributed by atoms with Gasteiger partial charge < -0.3 is 4.90 Å². The Kier molecular flexibility index (Phi) is 2.94. The number of aromatic amines is 1. The van der Waals surface area contributed by atoms with Crippen LogP contribution in [0.2, 0.25) is 0 Å². The topological polar surface area (TPSA) is 61.9 Å². The predicted octanol–water partition coefficient (Wildman–Crippen LogP) is 1.52. The number of aryl methyl sites for hydroxylation is 1. The van der Waals surface area contributed by atoms with E-state index in [9.17, 15) is 4.79 Å². The van der Waals surface area contributed by atoms with E-state index in [2.05, 4.69) is 29.0 Å². The number of hydrogen-bond acceptors (Lipinski definition) is 3. The Hall–Kier alpha value is -1.39. The molecule has 1 aromatic heterocycles. The second-order valence-corrected chi connectivity index (χ2v) is 4.45. The summed E-state index contributed by atoms with van der Waals surface area (Å²) in [6.45, 7) is 6.01. The molecule has 0 bridgehead atoms. The van der Waals surface area contributed by atoms with Crippen LogP contribution in [0.1, 0.15) is 49.6 Å². The third-order valence-electron chi connectivity index (χ3n) is 3.28. The second kappa shape index (κ2) is 4.23. The molecular weight excluding hydrogens is 204 g/mol. The Labute approximate surface area is 95.2 Å². The number of carbonyl (C=O) groups is 1. The average Bonchev–Trinajstić information content (AvgIpc) is 2.83. The van der Waals surface area contributed by atoms with Crippen molar-refractivity contribution in [3.63, 3.8) is 0 Å². The van der Waals surface area contributed by atoms with Gasteiger partial charge in [-0.2, -0.15) is 0 Å². The van der Waals surface area contributed by atoms with E-state index in [1.807, 2.05) is 4.90 Å². The maximum atomic E-state index is 12.2. The van der Waals surface area contributed by atoms with Crippen molar-refractivity contribution in [1.82, 2.24) is 20.1 Å². The van der Waals surface area contributed by atoms with E-state index < -0.39 is 0 Å². The van der Waals surface area contributed by atoms with E-state index >= 15 is 0 Å². The van der Waals surface area contributed by atoms with Gasteiger partial charge in [-0.25, -0.2) is 4.98 Å². The number of amides is 1. The van der Waals surface area contributed by atoms with E-state index in [4.69, 9.17) is 0 Å². The first kappa shape index (κ1) is 11.1. The molecule has 1 fully saturated rings. The van der Waals surface area contributed by atoms with E-state index in [0.29, 0.717) is 23.7 Å². The van der Waals surface area contributed by atoms with Crippen molar-refractivity contribution in [2.24, 2.45) is 0 Å². The zero-order valence-electron chi connectivity index (χ0n) is 10.0. The molecule has 2 rings (SSSR count). The molecule has 1 saturated heterocycles. The quantitative estimate of drug-likeness (QED) is 0.825. The van der Waals surface area contributed by atoms with Crippen LogP contribution in [0.25, 0.3) is 0 Å². The molecule has 16 heavy (non-hydrogen) atoms. The van der Waals surface area contributed by atoms with Crippen molar-refractivity contribution in [3.8, 4) is 0 Å². The summed E-state index contributed by atoms with van der Waals surface area (Å²) in [6.07, 6.45) is 3.17. The van der Waals surface area contributed by atoms with E-state index in [0.717, 1.165) is 19.3 Å². The molecule has 5 heteroatoms. The maximum absolute atomic E-state index is 12.2. The van der Waals surface area contributed by atoms with Crippen molar-refractivity contribution in [1.29, 1.82) is 0 Å². The highest BCUT2D eigenvalue weighted by Crippen LogP contribution is 2.27. The second-order valence-electron chi connectivity index (χ2n) is 4.45. The van der Waals surface area contributed by atoms with Crippen LogP contribution in [-0.4, -0.2) is 38.1 Å². The zero-order chi connectivity index (χ0) is 11.7. The van der Waals surface area contributed by atoms with Gasteiger partial charge in [-0.15, -0.1) is 5.10 Å². The number of nitrogens with zero attached hydrogens (tertiary/aromatic N) is 3. The highest BCUT2D eigenvalue weighted by atomic mass is 16.2. The number of rotatable bonds is 2. The molecule has 1 aliphatic rings. The van der Waals surface area contributed by atoms with Gasteiger partial charge in [0.25, 0.3) is 5.91 Å². The van der Waals surface area contributed by atoms with Gasteiger partial charge in [0.05, 0.1) is 0 Å². The monoisotopic (exact) mass is 222 g/mol. The van der Waals surface area contributed by atoms with Crippen LogP contribution in [0, 0.1) is 6.92 Å². The Morgan fingerprint density at radius 2 is 2.31 bits per heavy atom. The zero-order valence-corrected chi connectivity index (χ0v) is 10.0. The fourth-order valence-electron chi connectivity index (χ4n) is 2.39. The number of nitrogens with one attached hydrogen (secondary N) is 1. The molecule has 1 amide bonds. The molecule has 2 atom stereocenters. The van der Waals surface area contributed by atoms with Crippen LogP contribution in [0.3, 0.4) is 0 Å². The lowest BCUT2D eigenvalue weighted by Gasteiger charge is -2.26. The smallest absolute Gasteiger partial charge is 0.294 e. The lowest BCUT2D eigenvalue weighted by molar-refractivity contribution is 0.0664. The van der Waals surface area contributed by atoms with Crippen LogP contribution in [0.4, 0.5) is 0 Å². The van der Waals surface area contributed by atoms with Crippen molar-refractivity contribution in [2.45, 2.75) is 52.1 Å². The van der Waals surface area contributed by atoms with Crippen molar-refractivity contribution >= 4 is 5.91 Å². The highest BCUT2D eigenvalue weighted by Gasteiger charge is 2.35. The van der Waals surface area contributed by atoms with Crippen LogP contribution >= 0.6 is 0 Å². The summed E-state index contributed by atoms with van der Waals surface area (Å²) >= 11 is 0. The minimum atomic E-state index is -0.0406. The summed E-state index contributed by atoms with van der Waals surface area (Å²) < 4.78 is 0. The predicted molar refractivity (Wildman–Crippen MR) is 60.1 cm³/mol. The number of likely N-dealkylation sites (tertiary alicyclic amines) is 1. The Morgan fingerprint density at radius 1 is 1.56 bits per heavy atom. The van der Waals surface area contributed by atoms with Crippen molar-refractivity contribution in [2.75, 3.05) is 0 Å². The fraction of sp³-hybridized carbons (Fsp3) is 0.727. The standard InChI is InChI=1S/C11H18N4O/c1-4-9-6-5-7(2)15(9)11(16)10-12-8(3)13-14-10/h7,9H,4-6H2,1-3H3,(H,12,13,14). The Bertz CT molecular complexity index is 387. The average molecular weight is 222 g/mol. The molecule has 1 aromatic rings. The molecule has 2 unspecified atom stereocenters. The molecule has 5 nitrogen and oxygen atoms in total. The number of aromatic nitrogens is 3. The number of hydrogen-bond donors (Lipinski definition) is 1. The minimum absolute atomic E-state index is 0.0406. The molecular formula is C11H18N4O. The van der Waals surface area contributed by atoms with Gasteiger partial charge >= 0.3 is 0 Å². The summed E-state index contributed by atoms with van der Waals surface area (Å²) in [4.78, 5) is 18.3. The molecule has 1 aliphatic heterocycles. The van der Waals surface area contributed by atoms with E-state index in [1.165, 1.54) is 0 Å². The first-order valence-corrected chi connectivity index (χ1v) is 5.85. The molecule has 88 valence electrons. The number of H-pyrrole nitrogens is 1. The molecule has 0 aliphatic carbocycles. The van der Waals surface area contributed by atoms with Crippen LogP contribution in [0.15, 0.2) is 0 Å². The largest absolute Gasteiger partial charge is 0.330 e. The van der Waals surface area contributed by atoms with Gasteiger partial charge in [0.2, 0.25) is 5.82 Å². The summed E-state index contributed by atoms with van der Waals surface area (Å²) in [5.41, 5.74) is 0. The van der Waals surface area contributed by atoms with Gasteiger partial charge in [0.15, 0.2) is 0 Å². The maximum Gasteiger partial charge on any atom is 0.294 e. The minimum Gasteiger partial charge on any atom is -0.330 e. The molecule has 0 aromatic carbocycles. The van der Waals surface area contributed by atoms with Crippen LogP contribution in [0.5, 0.6) is 0 Å². The van der Waals surface area contributed by atoms with Gasteiger partial charge in [0.1, 0.15) is 5.82 Å². The SMILES string of the molecule is CCC1CCC(C)N1C(=O)c1n[nH]c(C)n1. The Morgan fingerprint density at radius 3 is 2.88 bits per heavy atom. The number of carbonyl (C=O) groups excluding carboxylic acids is 1. The molecule has 0 saturated carbocycles. The summed E-state index contributed by atoms with van der Waals surface area (Å²) in [5, 5.41) is 6.65. The molecule has 0 spiro atoms. The summed E-state index contributed by atoms with van der Waals surface area (Å²) in [6, 6.07) is 0.651. The van der Waals surface area contributed by atoms with Gasteiger partial charge in [-0.05, 0) is 33.1 Å². The van der Waals surface area contributed by atoms with E-state index in [1.54, 1.807) is 6.92 Å². The molecule has 2 heterocycles. The van der Waals surface area contributed by atoms with Crippen LogP contribution < -0.4 is 0 Å². The third-order valence-corrected chi connectivity index (χ3v) is 3.28. The normalized spacial score (nSPS) is 25.1. The molecule has 0 radical (unpaired) electrons. The summed E-state index contributed by atoms with van der Waals surface area (Å²) in [5.74, 6) is 0.939. The van der Waals surface area contributed by atoms with Crippen molar-refractivity contribution < 1.29 is 4.79 Å². The summed E-state index contributed by atoms with van der Waals surface area (Å²) in [7, 11) is 0. The van der Waals surface area contributed by atoms with E-state index in [-0.39, 0.29) is 5.91 Å². The third kappa shape index (κ3) is 1.81. The van der Waals surface area contributed by atoms with Crippen molar-refractivity contribution in [3.05, 3.63) is 11.6 Å². The Balaban J connectivity index is 2.20. The molecule has 1 N–H and O–H groups in total. The lowest BCUT2D eigenvalue weighted by atomic mass is 10.1.